The van der Waals surface area contributed by atoms with Gasteiger partial charge in [0.25, 0.3) is 11.4 Å². The van der Waals surface area contributed by atoms with Gasteiger partial charge in [0.15, 0.2) is 6.23 Å². The molecule has 1 saturated heterocycles. The normalized spacial score (nSPS) is 27.6. The van der Waals surface area contributed by atoms with E-state index in [0.717, 1.165) is 16.8 Å². The Labute approximate surface area is 228 Å². The molecule has 2 aromatic rings. The summed E-state index contributed by atoms with van der Waals surface area (Å²) in [4.78, 5) is 36.5. The zero-order valence-electron chi connectivity index (χ0n) is 21.1. The maximum Gasteiger partial charge on any atom is 0.330 e. The van der Waals surface area contributed by atoms with Crippen LogP contribution in [0, 0.1) is 0 Å². The monoisotopic (exact) mass is 593 g/mol. The highest BCUT2D eigenvalue weighted by atomic mass is 35.5. The van der Waals surface area contributed by atoms with E-state index in [9.17, 15) is 19.5 Å². The van der Waals surface area contributed by atoms with Crippen molar-refractivity contribution in [1.29, 1.82) is 0 Å². The number of ether oxygens (including phenoxy) is 2. The lowest BCUT2D eigenvalue weighted by Gasteiger charge is -2.31. The van der Waals surface area contributed by atoms with Crippen LogP contribution in [0.2, 0.25) is 0 Å². The predicted octanol–water partition coefficient (Wildman–Crippen LogP) is 2.73. The van der Waals surface area contributed by atoms with Crippen LogP contribution in [0.4, 0.5) is 4.39 Å². The summed E-state index contributed by atoms with van der Waals surface area (Å²) in [5.41, 5.74) is -1.59. The number of aliphatic hydroxyl groups is 1. The largest absolute Gasteiger partial charge is 0.462 e. The number of carbonyl (C=O) groups is 1. The second-order valence-electron chi connectivity index (χ2n) is 9.08. The van der Waals surface area contributed by atoms with Crippen molar-refractivity contribution >= 4 is 36.0 Å². The second-order valence-corrected chi connectivity index (χ2v) is 13.0. The van der Waals surface area contributed by atoms with E-state index in [0.29, 0.717) is 0 Å². The van der Waals surface area contributed by atoms with Crippen molar-refractivity contribution in [3.8, 4) is 5.75 Å². The molecule has 0 amide bonds. The highest BCUT2D eigenvalue weighted by molar-refractivity contribution is 8.09. The molecule has 2 heterocycles. The fourth-order valence-electron chi connectivity index (χ4n) is 3.67. The van der Waals surface area contributed by atoms with Crippen LogP contribution < -0.4 is 20.9 Å². The molecule has 3 rings (SSSR count). The first-order valence-electron chi connectivity index (χ1n) is 11.7. The van der Waals surface area contributed by atoms with Crippen LogP contribution in [0.1, 0.15) is 40.3 Å². The Hall–Kier alpha value is -2.12. The van der Waals surface area contributed by atoms with Gasteiger partial charge < -0.3 is 23.6 Å². The summed E-state index contributed by atoms with van der Waals surface area (Å²) in [6.07, 6.45) is -2.60. The van der Waals surface area contributed by atoms with Crippen LogP contribution in [-0.2, 0) is 30.6 Å². The zero-order valence-corrected chi connectivity index (χ0v) is 23.6. The number of rotatable bonds is 11. The standard InChI is InChI=1S/C23H30ClFN3O8PS/c1-5-16(18(30)34-14(2)3)27-37(38,36-15-9-7-6-8-10-15)33-13-23(25)19(31)22(4,24)20(35-23)28-12-11-17(29)26-21(28)32/h6-12,14,16,19-20,31H,5,13H2,1-4H3,(H,27,38)(H,26,29,32)/t16-,19-,20+,22+,23+,37?/m0/s1. The van der Waals surface area contributed by atoms with Crippen LogP contribution in [0.5, 0.6) is 5.75 Å². The van der Waals surface area contributed by atoms with Crippen molar-refractivity contribution in [2.24, 2.45) is 0 Å². The number of para-hydroxylation sites is 1. The van der Waals surface area contributed by atoms with Gasteiger partial charge in [-0.3, -0.25) is 19.1 Å². The number of aromatic nitrogens is 2. The lowest BCUT2D eigenvalue weighted by atomic mass is 10.00. The Kier molecular flexibility index (Phi) is 9.57. The van der Waals surface area contributed by atoms with Gasteiger partial charge in [0.2, 0.25) is 0 Å². The van der Waals surface area contributed by atoms with Gasteiger partial charge in [-0.25, -0.2) is 14.3 Å². The number of esters is 1. The Bertz CT molecular complexity index is 1290. The minimum atomic E-state index is -3.69. The molecule has 6 atom stereocenters. The summed E-state index contributed by atoms with van der Waals surface area (Å²) < 4.78 is 39.2. The molecule has 1 aliphatic rings. The van der Waals surface area contributed by atoms with Crippen molar-refractivity contribution in [2.45, 2.75) is 69.3 Å². The molecule has 0 aliphatic carbocycles. The molecule has 0 radical (unpaired) electrons. The number of halogens is 2. The van der Waals surface area contributed by atoms with Crippen LogP contribution >= 0.6 is 18.2 Å². The fraction of sp³-hybridized carbons (Fsp3) is 0.522. The van der Waals surface area contributed by atoms with Gasteiger partial charge in [0.1, 0.15) is 29.4 Å². The first-order valence-corrected chi connectivity index (χ1v) is 14.7. The summed E-state index contributed by atoms with van der Waals surface area (Å²) in [5.74, 6) is -3.27. The third kappa shape index (κ3) is 6.90. The van der Waals surface area contributed by atoms with Gasteiger partial charge in [0.05, 0.1) is 6.10 Å². The molecule has 0 spiro atoms. The summed E-state index contributed by atoms with van der Waals surface area (Å²) in [6, 6.07) is 8.40. The van der Waals surface area contributed by atoms with Crippen molar-refractivity contribution in [3.63, 3.8) is 0 Å². The molecule has 1 aliphatic heterocycles. The van der Waals surface area contributed by atoms with E-state index < -0.39 is 65.7 Å². The fourth-order valence-corrected chi connectivity index (χ4v) is 6.38. The van der Waals surface area contributed by atoms with Crippen molar-refractivity contribution < 1.29 is 32.8 Å². The Morgan fingerprint density at radius 1 is 1.34 bits per heavy atom. The van der Waals surface area contributed by atoms with Gasteiger partial charge >= 0.3 is 18.3 Å². The first-order chi connectivity index (χ1) is 17.7. The SMILES string of the molecule is CC[C@H](NP(=S)(OC[C@@]1(F)O[C@@H](n2ccc(=O)[nH]c2=O)[C@](C)(Cl)[C@@H]1O)Oc1ccccc1)C(=O)OC(C)C. The van der Waals surface area contributed by atoms with E-state index in [2.05, 4.69) is 5.09 Å². The van der Waals surface area contributed by atoms with Crippen LogP contribution in [-0.4, -0.2) is 56.2 Å². The van der Waals surface area contributed by atoms with E-state index in [4.69, 9.17) is 41.9 Å². The third-order valence-electron chi connectivity index (χ3n) is 5.60. The zero-order chi connectivity index (χ0) is 28.3. The minimum absolute atomic E-state index is 0.252. The smallest absolute Gasteiger partial charge is 0.330 e. The number of hydrogen-bond donors (Lipinski definition) is 3. The van der Waals surface area contributed by atoms with E-state index in [1.54, 1.807) is 51.1 Å². The third-order valence-corrected chi connectivity index (χ3v) is 8.39. The van der Waals surface area contributed by atoms with E-state index in [1.165, 1.54) is 6.92 Å². The number of carbonyl (C=O) groups excluding carboxylic acids is 1. The van der Waals surface area contributed by atoms with Gasteiger partial charge in [-0.05, 0) is 51.1 Å². The highest BCUT2D eigenvalue weighted by Crippen LogP contribution is 2.52. The molecule has 3 N–H and O–H groups in total. The van der Waals surface area contributed by atoms with Gasteiger partial charge in [0, 0.05) is 12.3 Å². The molecule has 1 unspecified atom stereocenters. The molecule has 210 valence electrons. The molecule has 0 saturated carbocycles. The quantitative estimate of drug-likeness (QED) is 0.202. The number of nitrogens with one attached hydrogen (secondary N) is 2. The van der Waals surface area contributed by atoms with Gasteiger partial charge in [-0.2, -0.15) is 0 Å². The summed E-state index contributed by atoms with van der Waals surface area (Å²) in [7, 11) is 0. The average Bonchev–Trinajstić information content (AvgIpc) is 3.02. The number of aromatic amines is 1. The summed E-state index contributed by atoms with van der Waals surface area (Å²) >= 11 is 12.1. The van der Waals surface area contributed by atoms with Crippen LogP contribution in [0.3, 0.4) is 0 Å². The first kappa shape index (κ1) is 30.4. The topological polar surface area (TPSA) is 141 Å². The average molecular weight is 594 g/mol. The van der Waals surface area contributed by atoms with Gasteiger partial charge in [-0.1, -0.05) is 25.1 Å². The molecule has 11 nitrogen and oxygen atoms in total. The number of aliphatic hydroxyl groups excluding tert-OH is 1. The number of benzene rings is 1. The molecule has 1 aromatic heterocycles. The summed E-state index contributed by atoms with van der Waals surface area (Å²) in [6.45, 7) is 1.70. The Morgan fingerprint density at radius 2 is 2.00 bits per heavy atom. The molecule has 38 heavy (non-hydrogen) atoms. The number of H-pyrrole nitrogens is 1. The van der Waals surface area contributed by atoms with Gasteiger partial charge in [-0.15, -0.1) is 11.6 Å². The lowest BCUT2D eigenvalue weighted by Crippen LogP contribution is -2.47. The molecular formula is C23H30ClFN3O8PS. The van der Waals surface area contributed by atoms with Crippen LogP contribution in [0.15, 0.2) is 52.2 Å². The van der Waals surface area contributed by atoms with Crippen LogP contribution in [0.25, 0.3) is 0 Å². The molecule has 1 aromatic carbocycles. The molecule has 15 heteroatoms. The molecule has 1 fully saturated rings. The molecular weight excluding hydrogens is 564 g/mol. The van der Waals surface area contributed by atoms with Crippen molar-refractivity contribution in [2.75, 3.05) is 6.61 Å². The van der Waals surface area contributed by atoms with E-state index >= 15 is 4.39 Å². The minimum Gasteiger partial charge on any atom is -0.462 e. The Morgan fingerprint density at radius 3 is 2.58 bits per heavy atom. The maximum atomic E-state index is 16.1. The Balaban J connectivity index is 1.88. The molecule has 0 bridgehead atoms. The summed E-state index contributed by atoms with van der Waals surface area (Å²) in [5, 5.41) is 13.6. The second kappa shape index (κ2) is 12.0. The number of nitrogens with zero attached hydrogens (tertiary/aromatic N) is 1. The van der Waals surface area contributed by atoms with E-state index in [1.807, 2.05) is 4.98 Å². The number of alkyl halides is 2. The highest BCUT2D eigenvalue weighted by Gasteiger charge is 2.63. The van der Waals surface area contributed by atoms with Crippen molar-refractivity contribution in [3.05, 3.63) is 63.4 Å². The van der Waals surface area contributed by atoms with Crippen molar-refractivity contribution in [1.82, 2.24) is 14.6 Å². The number of hydrogen-bond acceptors (Lipinski definition) is 9. The predicted molar refractivity (Wildman–Crippen MR) is 141 cm³/mol. The lowest BCUT2D eigenvalue weighted by molar-refractivity contribution is -0.203. The van der Waals surface area contributed by atoms with E-state index in [-0.39, 0.29) is 12.2 Å². The maximum absolute atomic E-state index is 16.1.